The Labute approximate surface area is 152 Å². The Morgan fingerprint density at radius 1 is 0.880 bits per heavy atom. The monoisotopic (exact) mass is 388 g/mol. The van der Waals surface area contributed by atoms with Crippen LogP contribution in [0.1, 0.15) is 71.1 Å². The van der Waals surface area contributed by atoms with E-state index in [1.807, 2.05) is 0 Å². The van der Waals surface area contributed by atoms with Gasteiger partial charge in [-0.25, -0.2) is 0 Å². The maximum Gasteiger partial charge on any atom is 0.425 e. The second-order valence-electron chi connectivity index (χ2n) is 5.91. The highest BCUT2D eigenvalue weighted by molar-refractivity contribution is 6.17. The maximum absolute atomic E-state index is 12.2. The number of alkyl halides is 4. The van der Waals surface area contributed by atoms with Crippen LogP contribution in [0.2, 0.25) is 0 Å². The molecule has 0 fully saturated rings. The van der Waals surface area contributed by atoms with Gasteiger partial charge in [0.15, 0.2) is 6.10 Å². The van der Waals surface area contributed by atoms with E-state index in [9.17, 15) is 22.8 Å². The first kappa shape index (κ1) is 24.0. The minimum Gasteiger partial charge on any atom is -0.466 e. The summed E-state index contributed by atoms with van der Waals surface area (Å²) in [5, 5.41) is 0. The van der Waals surface area contributed by atoms with Crippen molar-refractivity contribution < 1.29 is 32.2 Å². The van der Waals surface area contributed by atoms with Crippen molar-refractivity contribution >= 4 is 23.5 Å². The van der Waals surface area contributed by atoms with Crippen LogP contribution in [0.4, 0.5) is 13.2 Å². The first-order valence-corrected chi connectivity index (χ1v) is 9.28. The zero-order valence-corrected chi connectivity index (χ0v) is 15.5. The predicted molar refractivity (Wildman–Crippen MR) is 89.5 cm³/mol. The number of halogens is 4. The molecule has 0 radical (unpaired) electrons. The lowest BCUT2D eigenvalue weighted by molar-refractivity contribution is -0.216. The number of carbonyl (C=O) groups is 2. The summed E-state index contributed by atoms with van der Waals surface area (Å²) in [7, 11) is 0. The van der Waals surface area contributed by atoms with Crippen molar-refractivity contribution in [1.29, 1.82) is 0 Å². The summed E-state index contributed by atoms with van der Waals surface area (Å²) in [5.41, 5.74) is 0. The van der Waals surface area contributed by atoms with Crippen molar-refractivity contribution in [2.75, 3.05) is 12.5 Å². The minimum absolute atomic E-state index is 0.263. The molecule has 0 aromatic rings. The van der Waals surface area contributed by atoms with Crippen molar-refractivity contribution in [3.8, 4) is 0 Å². The van der Waals surface area contributed by atoms with Gasteiger partial charge in [0.25, 0.3) is 0 Å². The second kappa shape index (κ2) is 14.2. The molecule has 25 heavy (non-hydrogen) atoms. The van der Waals surface area contributed by atoms with Crippen LogP contribution in [0, 0.1) is 0 Å². The van der Waals surface area contributed by atoms with E-state index in [4.69, 9.17) is 16.3 Å². The molecule has 0 saturated carbocycles. The molecule has 0 aliphatic rings. The first-order chi connectivity index (χ1) is 11.8. The SMILES string of the molecule is CC(OC(=O)CCC(=O)OCCCCCCCCCCCl)C(F)(F)F. The molecule has 0 amide bonds. The van der Waals surface area contributed by atoms with Crippen molar-refractivity contribution in [2.45, 2.75) is 83.4 Å². The molecule has 8 heteroatoms. The lowest BCUT2D eigenvalue weighted by Crippen LogP contribution is -2.31. The molecule has 4 nitrogen and oxygen atoms in total. The van der Waals surface area contributed by atoms with Gasteiger partial charge >= 0.3 is 18.1 Å². The van der Waals surface area contributed by atoms with Gasteiger partial charge < -0.3 is 9.47 Å². The molecule has 0 spiro atoms. The number of rotatable bonds is 14. The van der Waals surface area contributed by atoms with Gasteiger partial charge in [-0.2, -0.15) is 13.2 Å². The molecule has 0 aliphatic heterocycles. The smallest absolute Gasteiger partial charge is 0.425 e. The van der Waals surface area contributed by atoms with Gasteiger partial charge in [-0.3, -0.25) is 9.59 Å². The molecule has 1 unspecified atom stereocenters. The van der Waals surface area contributed by atoms with Crippen molar-refractivity contribution in [3.63, 3.8) is 0 Å². The van der Waals surface area contributed by atoms with E-state index in [0.717, 1.165) is 45.4 Å². The second-order valence-corrected chi connectivity index (χ2v) is 6.29. The number of esters is 2. The number of hydrogen-bond donors (Lipinski definition) is 0. The van der Waals surface area contributed by atoms with E-state index in [-0.39, 0.29) is 13.0 Å². The Morgan fingerprint density at radius 2 is 1.36 bits per heavy atom. The fraction of sp³-hybridized carbons (Fsp3) is 0.882. The molecule has 0 N–H and O–H groups in total. The summed E-state index contributed by atoms with van der Waals surface area (Å²) in [6.07, 6.45) is 1.01. The van der Waals surface area contributed by atoms with Gasteiger partial charge in [-0.05, 0) is 19.8 Å². The Balaban J connectivity index is 3.51. The summed E-state index contributed by atoms with van der Waals surface area (Å²) in [5.74, 6) is -0.946. The Hall–Kier alpha value is -0.980. The number of hydrogen-bond acceptors (Lipinski definition) is 4. The molecular formula is C17H28ClF3O4. The third kappa shape index (κ3) is 15.0. The molecule has 0 aliphatic carbocycles. The van der Waals surface area contributed by atoms with Crippen LogP contribution < -0.4 is 0 Å². The lowest BCUT2D eigenvalue weighted by atomic mass is 10.1. The normalized spacial score (nSPS) is 12.7. The summed E-state index contributed by atoms with van der Waals surface area (Å²) in [6.45, 7) is 1.01. The van der Waals surface area contributed by atoms with Crippen LogP contribution in [-0.4, -0.2) is 36.7 Å². The topological polar surface area (TPSA) is 52.6 Å². The summed E-state index contributed by atoms with van der Waals surface area (Å²) < 4.78 is 45.7. The molecule has 1 atom stereocenters. The molecule has 0 rings (SSSR count). The zero-order chi connectivity index (χ0) is 19.1. The third-order valence-corrected chi connectivity index (χ3v) is 3.86. The molecule has 148 valence electrons. The number of unbranched alkanes of at least 4 members (excludes halogenated alkanes) is 7. The van der Waals surface area contributed by atoms with Crippen LogP contribution in [0.5, 0.6) is 0 Å². The molecule has 0 bridgehead atoms. The molecular weight excluding hydrogens is 361 g/mol. The highest BCUT2D eigenvalue weighted by Crippen LogP contribution is 2.22. The Kier molecular flexibility index (Phi) is 13.7. The van der Waals surface area contributed by atoms with Gasteiger partial charge in [0.2, 0.25) is 0 Å². The number of ether oxygens (including phenoxy) is 2. The molecule has 0 aromatic heterocycles. The van der Waals surface area contributed by atoms with E-state index in [1.165, 1.54) is 12.8 Å². The maximum atomic E-state index is 12.2. The quantitative estimate of drug-likeness (QED) is 0.234. The fourth-order valence-electron chi connectivity index (χ4n) is 2.04. The molecule has 0 saturated heterocycles. The summed E-state index contributed by atoms with van der Waals surface area (Å²) in [6, 6.07) is 0. The number of carbonyl (C=O) groups excluding carboxylic acids is 2. The molecule has 0 heterocycles. The minimum atomic E-state index is -4.60. The predicted octanol–water partition coefficient (Wildman–Crippen LogP) is 5.16. The van der Waals surface area contributed by atoms with Crippen molar-refractivity contribution in [2.24, 2.45) is 0 Å². The van der Waals surface area contributed by atoms with Crippen molar-refractivity contribution in [3.05, 3.63) is 0 Å². The van der Waals surface area contributed by atoms with Crippen LogP contribution in [0.15, 0.2) is 0 Å². The largest absolute Gasteiger partial charge is 0.466 e. The van der Waals surface area contributed by atoms with E-state index in [1.54, 1.807) is 0 Å². The highest BCUT2D eigenvalue weighted by atomic mass is 35.5. The van der Waals surface area contributed by atoms with Gasteiger partial charge in [0.1, 0.15) is 0 Å². The Bertz CT molecular complexity index is 375. The van der Waals surface area contributed by atoms with Gasteiger partial charge in [0, 0.05) is 5.88 Å². The Morgan fingerprint density at radius 3 is 1.88 bits per heavy atom. The van der Waals surface area contributed by atoms with Crippen LogP contribution >= 0.6 is 11.6 Å². The average Bonchev–Trinajstić information content (AvgIpc) is 2.53. The van der Waals surface area contributed by atoms with E-state index in [2.05, 4.69) is 4.74 Å². The zero-order valence-electron chi connectivity index (χ0n) is 14.7. The van der Waals surface area contributed by atoms with Crippen molar-refractivity contribution in [1.82, 2.24) is 0 Å². The summed E-state index contributed by atoms with van der Waals surface area (Å²) in [4.78, 5) is 22.6. The van der Waals surface area contributed by atoms with E-state index < -0.39 is 30.6 Å². The average molecular weight is 389 g/mol. The lowest BCUT2D eigenvalue weighted by Gasteiger charge is -2.16. The van der Waals surface area contributed by atoms with E-state index >= 15 is 0 Å². The van der Waals surface area contributed by atoms with Crippen LogP contribution in [0.25, 0.3) is 0 Å². The van der Waals surface area contributed by atoms with Gasteiger partial charge in [0.05, 0.1) is 19.4 Å². The van der Waals surface area contributed by atoms with Gasteiger partial charge in [-0.1, -0.05) is 38.5 Å². The van der Waals surface area contributed by atoms with Crippen LogP contribution in [0.3, 0.4) is 0 Å². The van der Waals surface area contributed by atoms with Gasteiger partial charge in [-0.15, -0.1) is 11.6 Å². The highest BCUT2D eigenvalue weighted by Gasteiger charge is 2.39. The first-order valence-electron chi connectivity index (χ1n) is 8.75. The fourth-order valence-corrected chi connectivity index (χ4v) is 2.23. The standard InChI is InChI=1S/C17H28ClF3O4/c1-14(17(19,20)21)25-16(23)11-10-15(22)24-13-9-7-5-3-2-4-6-8-12-18/h14H,2-13H2,1H3. The molecule has 0 aromatic carbocycles. The van der Waals surface area contributed by atoms with E-state index in [0.29, 0.717) is 5.88 Å². The summed E-state index contributed by atoms with van der Waals surface area (Å²) >= 11 is 5.59. The third-order valence-electron chi connectivity index (χ3n) is 3.59. The van der Waals surface area contributed by atoms with Crippen LogP contribution in [-0.2, 0) is 19.1 Å².